The minimum absolute atomic E-state index is 0.274. The molecule has 0 radical (unpaired) electrons. The summed E-state index contributed by atoms with van der Waals surface area (Å²) in [6.07, 6.45) is 3.77. The van der Waals surface area contributed by atoms with Gasteiger partial charge in [-0.3, -0.25) is 10.1 Å². The summed E-state index contributed by atoms with van der Waals surface area (Å²) in [5, 5.41) is 8.62. The summed E-state index contributed by atoms with van der Waals surface area (Å²) in [4.78, 5) is 14.8. The first kappa shape index (κ1) is 21.2. The molecule has 35 heavy (non-hydrogen) atoms. The summed E-state index contributed by atoms with van der Waals surface area (Å²) >= 11 is 0. The Bertz CT molecular complexity index is 1680. The molecular formula is C28H23FN6. The number of hydrogen-bond donors (Lipinski definition) is 2. The first-order valence-corrected chi connectivity index (χ1v) is 11.4. The molecule has 0 fully saturated rings. The number of rotatable bonds is 5. The zero-order chi connectivity index (χ0) is 23.9. The molecule has 3 aromatic carbocycles. The van der Waals surface area contributed by atoms with Crippen molar-refractivity contribution in [3.05, 3.63) is 90.5 Å². The topological polar surface area (TPSA) is 73.5 Å². The van der Waals surface area contributed by atoms with Crippen molar-refractivity contribution in [1.82, 2.24) is 30.0 Å². The van der Waals surface area contributed by atoms with E-state index in [9.17, 15) is 4.39 Å². The quantitative estimate of drug-likeness (QED) is 0.328. The molecule has 0 aliphatic carbocycles. The summed E-state index contributed by atoms with van der Waals surface area (Å²) in [6, 6.07) is 20.8. The van der Waals surface area contributed by atoms with Gasteiger partial charge < -0.3 is 9.88 Å². The molecule has 3 heterocycles. The van der Waals surface area contributed by atoms with E-state index in [1.165, 1.54) is 6.07 Å². The summed E-state index contributed by atoms with van der Waals surface area (Å²) in [5.41, 5.74) is 7.68. The van der Waals surface area contributed by atoms with E-state index in [1.807, 2.05) is 56.8 Å². The van der Waals surface area contributed by atoms with Gasteiger partial charge >= 0.3 is 0 Å². The molecule has 0 aliphatic heterocycles. The van der Waals surface area contributed by atoms with Gasteiger partial charge in [0.15, 0.2) is 5.82 Å². The summed E-state index contributed by atoms with van der Waals surface area (Å²) in [5.74, 6) is 0.358. The van der Waals surface area contributed by atoms with Crippen molar-refractivity contribution in [2.75, 3.05) is 14.1 Å². The van der Waals surface area contributed by atoms with Crippen molar-refractivity contribution in [1.29, 1.82) is 0 Å². The second-order valence-electron chi connectivity index (χ2n) is 8.92. The Hall–Kier alpha value is -4.36. The van der Waals surface area contributed by atoms with Gasteiger partial charge in [-0.05, 0) is 55.6 Å². The van der Waals surface area contributed by atoms with Crippen LogP contribution in [0, 0.1) is 5.82 Å². The molecule has 2 N–H and O–H groups in total. The highest BCUT2D eigenvalue weighted by Gasteiger charge is 2.17. The fourth-order valence-corrected chi connectivity index (χ4v) is 4.51. The van der Waals surface area contributed by atoms with Gasteiger partial charge in [-0.2, -0.15) is 5.10 Å². The minimum atomic E-state index is -0.274. The number of H-pyrrole nitrogens is 2. The highest BCUT2D eigenvalue weighted by molar-refractivity contribution is 5.98. The molecule has 6 rings (SSSR count). The van der Waals surface area contributed by atoms with Gasteiger partial charge in [0.25, 0.3) is 0 Å². The number of nitrogens with one attached hydrogen (secondary N) is 2. The van der Waals surface area contributed by atoms with Crippen molar-refractivity contribution >= 4 is 21.9 Å². The van der Waals surface area contributed by atoms with Gasteiger partial charge in [0.2, 0.25) is 0 Å². The lowest BCUT2D eigenvalue weighted by atomic mass is 10.0. The Morgan fingerprint density at radius 2 is 1.71 bits per heavy atom. The lowest BCUT2D eigenvalue weighted by Gasteiger charge is -2.10. The molecule has 7 heteroatoms. The molecule has 0 saturated carbocycles. The molecule has 0 saturated heterocycles. The molecule has 0 bridgehead atoms. The predicted octanol–water partition coefficient (Wildman–Crippen LogP) is 6.04. The first-order chi connectivity index (χ1) is 17.1. The highest BCUT2D eigenvalue weighted by Crippen LogP contribution is 2.34. The van der Waals surface area contributed by atoms with Gasteiger partial charge in [-0.1, -0.05) is 36.4 Å². The number of aromatic amines is 2. The number of benzene rings is 3. The second-order valence-corrected chi connectivity index (χ2v) is 8.92. The van der Waals surface area contributed by atoms with Crippen molar-refractivity contribution < 1.29 is 4.39 Å². The van der Waals surface area contributed by atoms with Crippen LogP contribution in [0.4, 0.5) is 4.39 Å². The number of fused-ring (bicyclic) bond motifs is 2. The fraction of sp³-hybridized carbons (Fsp3) is 0.107. The van der Waals surface area contributed by atoms with Crippen LogP contribution in [0.5, 0.6) is 0 Å². The highest BCUT2D eigenvalue weighted by atomic mass is 19.1. The molecule has 172 valence electrons. The number of aromatic nitrogens is 5. The molecule has 0 atom stereocenters. The maximum absolute atomic E-state index is 14.5. The van der Waals surface area contributed by atoms with Crippen LogP contribution in [0.3, 0.4) is 0 Å². The second kappa shape index (κ2) is 8.45. The van der Waals surface area contributed by atoms with E-state index in [-0.39, 0.29) is 5.82 Å². The van der Waals surface area contributed by atoms with Crippen molar-refractivity contribution in [2.24, 2.45) is 0 Å². The molecule has 0 aliphatic rings. The Labute approximate surface area is 201 Å². The van der Waals surface area contributed by atoms with Crippen molar-refractivity contribution in [2.45, 2.75) is 6.54 Å². The number of imidazole rings is 1. The third kappa shape index (κ3) is 3.86. The van der Waals surface area contributed by atoms with Crippen molar-refractivity contribution in [3.8, 4) is 33.8 Å². The first-order valence-electron chi connectivity index (χ1n) is 11.4. The zero-order valence-corrected chi connectivity index (χ0v) is 19.4. The monoisotopic (exact) mass is 462 g/mol. The van der Waals surface area contributed by atoms with E-state index < -0.39 is 0 Å². The molecule has 6 aromatic rings. The van der Waals surface area contributed by atoms with Gasteiger partial charge in [0.05, 0.1) is 16.6 Å². The molecule has 0 amide bonds. The normalized spacial score (nSPS) is 11.7. The van der Waals surface area contributed by atoms with Crippen LogP contribution in [0.15, 0.2) is 79.1 Å². The smallest absolute Gasteiger partial charge is 0.159 e. The Kier molecular flexibility index (Phi) is 5.12. The van der Waals surface area contributed by atoms with Crippen LogP contribution < -0.4 is 0 Å². The van der Waals surface area contributed by atoms with Crippen LogP contribution in [0.25, 0.3) is 55.7 Å². The maximum Gasteiger partial charge on any atom is 0.159 e. The molecule has 0 spiro atoms. The minimum Gasteiger partial charge on any atom is -0.337 e. The van der Waals surface area contributed by atoms with E-state index in [0.29, 0.717) is 16.9 Å². The van der Waals surface area contributed by atoms with Crippen LogP contribution >= 0.6 is 0 Å². The van der Waals surface area contributed by atoms with E-state index in [2.05, 4.69) is 43.3 Å². The standard InChI is InChI=1S/C28H23FN6/c1-35(2)16-17-12-19(15-30-14-17)18-10-11-24-22(13-18)27(34-33-24)28-31-25-9-5-7-21(26(25)32-28)20-6-3-4-8-23(20)29/h3-15H,16H2,1-2H3,(H,31,32)(H,33,34). The average molecular weight is 463 g/mol. The van der Waals surface area contributed by atoms with Crippen LogP contribution in [-0.2, 0) is 6.54 Å². The summed E-state index contributed by atoms with van der Waals surface area (Å²) in [7, 11) is 4.09. The summed E-state index contributed by atoms with van der Waals surface area (Å²) < 4.78 is 14.5. The maximum atomic E-state index is 14.5. The lowest BCUT2D eigenvalue weighted by Crippen LogP contribution is -2.10. The average Bonchev–Trinajstić information content (AvgIpc) is 3.47. The Morgan fingerprint density at radius 1 is 0.857 bits per heavy atom. The molecule has 0 unspecified atom stereocenters. The number of para-hydroxylation sites is 1. The Balaban J connectivity index is 1.46. The number of nitrogens with zero attached hydrogens (tertiary/aromatic N) is 4. The van der Waals surface area contributed by atoms with Crippen LogP contribution in [0.2, 0.25) is 0 Å². The van der Waals surface area contributed by atoms with Gasteiger partial charge in [-0.25, -0.2) is 9.37 Å². The van der Waals surface area contributed by atoms with Gasteiger partial charge in [0, 0.05) is 41.0 Å². The third-order valence-electron chi connectivity index (χ3n) is 6.09. The lowest BCUT2D eigenvalue weighted by molar-refractivity contribution is 0.402. The van der Waals surface area contributed by atoms with E-state index in [1.54, 1.807) is 12.1 Å². The fourth-order valence-electron chi connectivity index (χ4n) is 4.51. The van der Waals surface area contributed by atoms with E-state index >= 15 is 0 Å². The summed E-state index contributed by atoms with van der Waals surface area (Å²) in [6.45, 7) is 0.823. The van der Waals surface area contributed by atoms with Crippen molar-refractivity contribution in [3.63, 3.8) is 0 Å². The molecular weight excluding hydrogens is 439 g/mol. The van der Waals surface area contributed by atoms with Gasteiger partial charge in [0.1, 0.15) is 11.5 Å². The van der Waals surface area contributed by atoms with E-state index in [0.717, 1.165) is 50.9 Å². The Morgan fingerprint density at radius 3 is 2.57 bits per heavy atom. The third-order valence-corrected chi connectivity index (χ3v) is 6.09. The van der Waals surface area contributed by atoms with Crippen LogP contribution in [0.1, 0.15) is 5.56 Å². The van der Waals surface area contributed by atoms with E-state index in [4.69, 9.17) is 4.98 Å². The van der Waals surface area contributed by atoms with Gasteiger partial charge in [-0.15, -0.1) is 0 Å². The number of hydrogen-bond acceptors (Lipinski definition) is 4. The number of pyridine rings is 1. The van der Waals surface area contributed by atoms with Crippen LogP contribution in [-0.4, -0.2) is 44.1 Å². The molecule has 6 nitrogen and oxygen atoms in total. The number of halogens is 1. The zero-order valence-electron chi connectivity index (χ0n) is 19.4. The predicted molar refractivity (Wildman–Crippen MR) is 137 cm³/mol. The SMILES string of the molecule is CN(C)Cc1cncc(-c2ccc3[nH]nc(-c4nc5c(-c6ccccc6F)cccc5[nH]4)c3c2)c1. The molecule has 3 aromatic heterocycles. The largest absolute Gasteiger partial charge is 0.337 e.